The van der Waals surface area contributed by atoms with Crippen LogP contribution in [0.3, 0.4) is 0 Å². The van der Waals surface area contributed by atoms with Crippen LogP contribution in [-0.2, 0) is 0 Å². The molecule has 0 aliphatic rings. The predicted octanol–water partition coefficient (Wildman–Crippen LogP) is 1.84. The van der Waals surface area contributed by atoms with Gasteiger partial charge >= 0.3 is 0 Å². The maximum Gasteiger partial charge on any atom is 0.142 e. The van der Waals surface area contributed by atoms with Crippen LogP contribution in [0.25, 0.3) is 0 Å². The summed E-state index contributed by atoms with van der Waals surface area (Å²) in [5.74, 6) is 0.703. The Bertz CT molecular complexity index is 514. The highest BCUT2D eigenvalue weighted by atomic mass is 16.5. The average molecular weight is 229 g/mol. The van der Waals surface area contributed by atoms with E-state index in [0.717, 1.165) is 17.0 Å². The number of methoxy groups -OCH3 is 1. The second-order valence-electron chi connectivity index (χ2n) is 3.80. The molecule has 2 rings (SSSR count). The number of aromatic nitrogens is 2. The lowest BCUT2D eigenvalue weighted by Crippen LogP contribution is -2.15. The van der Waals surface area contributed by atoms with Crippen LogP contribution in [0.15, 0.2) is 36.7 Å². The van der Waals surface area contributed by atoms with Crippen LogP contribution >= 0.6 is 0 Å². The van der Waals surface area contributed by atoms with Crippen LogP contribution in [0, 0.1) is 6.92 Å². The molecule has 2 heterocycles. The van der Waals surface area contributed by atoms with E-state index in [0.29, 0.717) is 5.75 Å². The minimum absolute atomic E-state index is 0.298. The minimum Gasteiger partial charge on any atom is -0.495 e. The summed E-state index contributed by atoms with van der Waals surface area (Å²) in [5.41, 5.74) is 8.85. The summed E-state index contributed by atoms with van der Waals surface area (Å²) in [5, 5.41) is 0. The van der Waals surface area contributed by atoms with Crippen LogP contribution in [0.2, 0.25) is 0 Å². The normalized spacial score (nSPS) is 12.2. The number of nitrogens with two attached hydrogens (primary N) is 1. The molecular weight excluding hydrogens is 214 g/mol. The van der Waals surface area contributed by atoms with E-state index >= 15 is 0 Å². The topological polar surface area (TPSA) is 61.0 Å². The van der Waals surface area contributed by atoms with Crippen molar-refractivity contribution in [2.75, 3.05) is 7.11 Å². The van der Waals surface area contributed by atoms with Gasteiger partial charge in [0.2, 0.25) is 0 Å². The zero-order valence-corrected chi connectivity index (χ0v) is 9.92. The fraction of sp³-hybridized carbons (Fsp3) is 0.231. The lowest BCUT2D eigenvalue weighted by atomic mass is 10.0. The van der Waals surface area contributed by atoms with Crippen molar-refractivity contribution in [3.8, 4) is 5.75 Å². The Kier molecular flexibility index (Phi) is 3.35. The molecule has 0 spiro atoms. The number of hydrogen-bond donors (Lipinski definition) is 1. The molecule has 0 aromatic carbocycles. The summed E-state index contributed by atoms with van der Waals surface area (Å²) in [6.07, 6.45) is 3.46. The summed E-state index contributed by atoms with van der Waals surface area (Å²) in [6, 6.07) is 7.24. The van der Waals surface area contributed by atoms with Gasteiger partial charge in [-0.05, 0) is 36.8 Å². The molecule has 17 heavy (non-hydrogen) atoms. The molecule has 0 fully saturated rings. The van der Waals surface area contributed by atoms with Crippen molar-refractivity contribution in [1.29, 1.82) is 0 Å². The van der Waals surface area contributed by atoms with Crippen molar-refractivity contribution in [2.24, 2.45) is 5.73 Å². The summed E-state index contributed by atoms with van der Waals surface area (Å²) >= 11 is 0. The third kappa shape index (κ3) is 2.42. The first kappa shape index (κ1) is 11.5. The molecule has 0 radical (unpaired) electrons. The van der Waals surface area contributed by atoms with Gasteiger partial charge < -0.3 is 10.5 Å². The Morgan fingerprint density at radius 1 is 1.24 bits per heavy atom. The number of nitrogens with zero attached hydrogens (tertiary/aromatic N) is 2. The first-order chi connectivity index (χ1) is 8.22. The molecule has 0 saturated heterocycles. The molecule has 88 valence electrons. The maximum absolute atomic E-state index is 6.19. The van der Waals surface area contributed by atoms with Crippen LogP contribution < -0.4 is 10.5 Å². The van der Waals surface area contributed by atoms with Gasteiger partial charge in [-0.1, -0.05) is 0 Å². The molecule has 0 saturated carbocycles. The first-order valence-electron chi connectivity index (χ1n) is 5.39. The Morgan fingerprint density at radius 3 is 2.76 bits per heavy atom. The molecule has 0 amide bonds. The number of hydrogen-bond acceptors (Lipinski definition) is 4. The van der Waals surface area contributed by atoms with Gasteiger partial charge in [0.1, 0.15) is 11.4 Å². The zero-order chi connectivity index (χ0) is 12.3. The van der Waals surface area contributed by atoms with Crippen molar-refractivity contribution in [3.63, 3.8) is 0 Å². The highest BCUT2D eigenvalue weighted by molar-refractivity contribution is 5.36. The molecule has 0 aliphatic heterocycles. The van der Waals surface area contributed by atoms with Gasteiger partial charge in [0, 0.05) is 18.1 Å². The van der Waals surface area contributed by atoms with Crippen LogP contribution in [0.1, 0.15) is 23.0 Å². The van der Waals surface area contributed by atoms with Crippen LogP contribution in [0.4, 0.5) is 0 Å². The van der Waals surface area contributed by atoms with Crippen molar-refractivity contribution < 1.29 is 4.74 Å². The Balaban J connectivity index is 2.40. The SMILES string of the molecule is COc1cccnc1C(N)c1ccnc(C)c1. The molecule has 2 N–H and O–H groups in total. The number of aryl methyl sites for hydroxylation is 1. The van der Waals surface area contributed by atoms with E-state index in [2.05, 4.69) is 9.97 Å². The minimum atomic E-state index is -0.298. The highest BCUT2D eigenvalue weighted by Gasteiger charge is 2.15. The quantitative estimate of drug-likeness (QED) is 0.872. The van der Waals surface area contributed by atoms with Gasteiger partial charge in [0.25, 0.3) is 0 Å². The fourth-order valence-corrected chi connectivity index (χ4v) is 1.73. The number of pyridine rings is 2. The molecule has 4 heteroatoms. The molecule has 2 aromatic rings. The average Bonchev–Trinajstić information content (AvgIpc) is 2.38. The van der Waals surface area contributed by atoms with E-state index in [4.69, 9.17) is 10.5 Å². The fourth-order valence-electron chi connectivity index (χ4n) is 1.73. The summed E-state index contributed by atoms with van der Waals surface area (Å²) in [7, 11) is 1.62. The Labute approximate surface area is 100 Å². The van der Waals surface area contributed by atoms with E-state index in [9.17, 15) is 0 Å². The third-order valence-electron chi connectivity index (χ3n) is 2.59. The van der Waals surface area contributed by atoms with Crippen molar-refractivity contribution >= 4 is 0 Å². The number of rotatable bonds is 3. The van der Waals surface area contributed by atoms with Crippen LogP contribution in [-0.4, -0.2) is 17.1 Å². The molecule has 0 aliphatic carbocycles. The second kappa shape index (κ2) is 4.93. The Hall–Kier alpha value is -1.94. The van der Waals surface area contributed by atoms with Gasteiger partial charge in [-0.3, -0.25) is 9.97 Å². The van der Waals surface area contributed by atoms with E-state index in [-0.39, 0.29) is 6.04 Å². The zero-order valence-electron chi connectivity index (χ0n) is 9.92. The van der Waals surface area contributed by atoms with Gasteiger partial charge in [-0.15, -0.1) is 0 Å². The monoisotopic (exact) mass is 229 g/mol. The van der Waals surface area contributed by atoms with E-state index in [1.807, 2.05) is 31.2 Å². The highest BCUT2D eigenvalue weighted by Crippen LogP contribution is 2.25. The largest absolute Gasteiger partial charge is 0.495 e. The van der Waals surface area contributed by atoms with Gasteiger partial charge in [0.15, 0.2) is 0 Å². The second-order valence-corrected chi connectivity index (χ2v) is 3.80. The number of ether oxygens (including phenoxy) is 1. The van der Waals surface area contributed by atoms with Gasteiger partial charge in [-0.2, -0.15) is 0 Å². The van der Waals surface area contributed by atoms with E-state index < -0.39 is 0 Å². The molecule has 0 bridgehead atoms. The summed E-state index contributed by atoms with van der Waals surface area (Å²) in [6.45, 7) is 1.94. The summed E-state index contributed by atoms with van der Waals surface area (Å²) < 4.78 is 5.26. The maximum atomic E-state index is 6.19. The lowest BCUT2D eigenvalue weighted by molar-refractivity contribution is 0.404. The predicted molar refractivity (Wildman–Crippen MR) is 65.8 cm³/mol. The Morgan fingerprint density at radius 2 is 2.06 bits per heavy atom. The third-order valence-corrected chi connectivity index (χ3v) is 2.59. The molecular formula is C13H15N3O. The summed E-state index contributed by atoms with van der Waals surface area (Å²) in [4.78, 5) is 8.44. The van der Waals surface area contributed by atoms with Crippen molar-refractivity contribution in [3.05, 3.63) is 53.6 Å². The van der Waals surface area contributed by atoms with Gasteiger partial charge in [-0.25, -0.2) is 0 Å². The van der Waals surface area contributed by atoms with Crippen molar-refractivity contribution in [2.45, 2.75) is 13.0 Å². The lowest BCUT2D eigenvalue weighted by Gasteiger charge is -2.14. The molecule has 4 nitrogen and oxygen atoms in total. The molecule has 1 atom stereocenters. The first-order valence-corrected chi connectivity index (χ1v) is 5.39. The molecule has 2 aromatic heterocycles. The van der Waals surface area contributed by atoms with E-state index in [1.54, 1.807) is 19.5 Å². The van der Waals surface area contributed by atoms with E-state index in [1.165, 1.54) is 0 Å². The standard InChI is InChI=1S/C13H15N3O/c1-9-8-10(5-7-15-9)12(14)13-11(17-2)4-3-6-16-13/h3-8,12H,14H2,1-2H3. The van der Waals surface area contributed by atoms with Gasteiger partial charge in [0.05, 0.1) is 13.2 Å². The molecule has 1 unspecified atom stereocenters. The van der Waals surface area contributed by atoms with Crippen molar-refractivity contribution in [1.82, 2.24) is 9.97 Å². The smallest absolute Gasteiger partial charge is 0.142 e. The van der Waals surface area contributed by atoms with Crippen LogP contribution in [0.5, 0.6) is 5.75 Å².